The van der Waals surface area contributed by atoms with Crippen molar-refractivity contribution in [3.8, 4) is 23.0 Å². The predicted octanol–water partition coefficient (Wildman–Crippen LogP) is 4.05. The fourth-order valence-corrected chi connectivity index (χ4v) is 2.69. The molecule has 0 saturated carbocycles. The number of nitrogens with zero attached hydrogens (tertiary/aromatic N) is 3. The topological polar surface area (TPSA) is 99.7 Å². The maximum Gasteiger partial charge on any atom is 0.249 e. The molecule has 0 aliphatic heterocycles. The molecule has 0 atom stereocenters. The second kappa shape index (κ2) is 9.16. The van der Waals surface area contributed by atoms with Crippen molar-refractivity contribution >= 4 is 34.7 Å². The summed E-state index contributed by atoms with van der Waals surface area (Å²) in [5.74, 6) is 2.73. The second-order valence-corrected chi connectivity index (χ2v) is 6.03. The average molecular weight is 418 g/mol. The van der Waals surface area contributed by atoms with Crippen LogP contribution in [0.15, 0.2) is 36.4 Å². The molecule has 0 fully saturated rings. The Hall–Kier alpha value is -3.46. The number of nitrogens with one attached hydrogen (secondary N) is 2. The Bertz CT molecular complexity index is 977. The van der Waals surface area contributed by atoms with Crippen molar-refractivity contribution < 1.29 is 18.9 Å². The number of ether oxygens (including phenoxy) is 4. The fraction of sp³-hybridized carbons (Fsp3) is 0.211. The lowest BCUT2D eigenvalue weighted by Gasteiger charge is -2.15. The van der Waals surface area contributed by atoms with Gasteiger partial charge in [0.2, 0.25) is 11.7 Å². The summed E-state index contributed by atoms with van der Waals surface area (Å²) >= 11 is 6.17. The number of rotatable bonds is 8. The SMILES string of the molecule is COc1cccc(Nc2nnc(Cl)c(Nc3cc(OC)c(OC)c(OC)c3)n2)c1. The lowest BCUT2D eigenvalue weighted by atomic mass is 10.2. The number of methoxy groups -OCH3 is 4. The molecule has 1 heterocycles. The van der Waals surface area contributed by atoms with E-state index in [2.05, 4.69) is 25.8 Å². The van der Waals surface area contributed by atoms with E-state index in [-0.39, 0.29) is 11.1 Å². The molecule has 9 nitrogen and oxygen atoms in total. The summed E-state index contributed by atoms with van der Waals surface area (Å²) in [5.41, 5.74) is 1.36. The van der Waals surface area contributed by atoms with Crippen molar-refractivity contribution in [1.29, 1.82) is 0 Å². The van der Waals surface area contributed by atoms with Crippen LogP contribution in [0, 0.1) is 0 Å². The van der Waals surface area contributed by atoms with Crippen molar-refractivity contribution in [2.75, 3.05) is 39.1 Å². The molecule has 152 valence electrons. The first kappa shape index (κ1) is 20.3. The lowest BCUT2D eigenvalue weighted by Crippen LogP contribution is -2.04. The molecule has 1 aromatic heterocycles. The molecule has 0 bridgehead atoms. The van der Waals surface area contributed by atoms with E-state index < -0.39 is 0 Å². The Balaban J connectivity index is 1.89. The maximum atomic E-state index is 6.17. The summed E-state index contributed by atoms with van der Waals surface area (Å²) in [4.78, 5) is 4.39. The Kier molecular flexibility index (Phi) is 6.40. The van der Waals surface area contributed by atoms with Crippen molar-refractivity contribution in [3.05, 3.63) is 41.6 Å². The van der Waals surface area contributed by atoms with Crippen LogP contribution in [-0.4, -0.2) is 43.6 Å². The molecule has 0 amide bonds. The van der Waals surface area contributed by atoms with Gasteiger partial charge in [-0.2, -0.15) is 4.98 Å². The largest absolute Gasteiger partial charge is 0.497 e. The van der Waals surface area contributed by atoms with Crippen molar-refractivity contribution in [2.45, 2.75) is 0 Å². The Morgan fingerprint density at radius 3 is 2.14 bits per heavy atom. The molecular weight excluding hydrogens is 398 g/mol. The van der Waals surface area contributed by atoms with Gasteiger partial charge in [-0.1, -0.05) is 17.7 Å². The summed E-state index contributed by atoms with van der Waals surface area (Å²) in [6.45, 7) is 0. The standard InChI is InChI=1S/C19H20ClN5O4/c1-26-13-7-5-6-11(8-13)22-19-23-18(17(20)24-25-19)21-12-9-14(27-2)16(29-4)15(10-12)28-3/h5-10H,1-4H3,(H2,21,22,23,25). The smallest absolute Gasteiger partial charge is 0.249 e. The quantitative estimate of drug-likeness (QED) is 0.562. The molecule has 10 heteroatoms. The third kappa shape index (κ3) is 4.69. The van der Waals surface area contributed by atoms with Gasteiger partial charge in [0.15, 0.2) is 22.5 Å². The number of aromatic nitrogens is 3. The molecule has 0 spiro atoms. The van der Waals surface area contributed by atoms with Crippen LogP contribution in [0.3, 0.4) is 0 Å². The summed E-state index contributed by atoms with van der Waals surface area (Å²) in [6.07, 6.45) is 0. The minimum atomic E-state index is 0.106. The van der Waals surface area contributed by atoms with E-state index >= 15 is 0 Å². The van der Waals surface area contributed by atoms with Crippen LogP contribution < -0.4 is 29.6 Å². The highest BCUT2D eigenvalue weighted by atomic mass is 35.5. The van der Waals surface area contributed by atoms with E-state index in [0.29, 0.717) is 34.5 Å². The Labute approximate surface area is 172 Å². The molecule has 0 aliphatic rings. The van der Waals surface area contributed by atoms with Gasteiger partial charge < -0.3 is 29.6 Å². The molecule has 0 aliphatic carbocycles. The zero-order valence-electron chi connectivity index (χ0n) is 16.3. The predicted molar refractivity (Wildman–Crippen MR) is 110 cm³/mol. The van der Waals surface area contributed by atoms with Crippen LogP contribution in [0.1, 0.15) is 0 Å². The molecule has 3 rings (SSSR count). The third-order valence-electron chi connectivity index (χ3n) is 3.90. The minimum Gasteiger partial charge on any atom is -0.497 e. The number of hydrogen-bond donors (Lipinski definition) is 2. The molecule has 0 radical (unpaired) electrons. The van der Waals surface area contributed by atoms with Crippen LogP contribution in [0.5, 0.6) is 23.0 Å². The number of halogens is 1. The van der Waals surface area contributed by atoms with Crippen LogP contribution in [-0.2, 0) is 0 Å². The van der Waals surface area contributed by atoms with Crippen LogP contribution in [0.2, 0.25) is 5.15 Å². The lowest BCUT2D eigenvalue weighted by molar-refractivity contribution is 0.324. The Morgan fingerprint density at radius 1 is 0.793 bits per heavy atom. The highest BCUT2D eigenvalue weighted by Gasteiger charge is 2.15. The fourth-order valence-electron chi connectivity index (χ4n) is 2.57. The van der Waals surface area contributed by atoms with Gasteiger partial charge in [0.05, 0.1) is 28.4 Å². The van der Waals surface area contributed by atoms with Gasteiger partial charge in [0, 0.05) is 29.6 Å². The molecule has 2 N–H and O–H groups in total. The van der Waals surface area contributed by atoms with E-state index in [1.165, 1.54) is 21.3 Å². The maximum absolute atomic E-state index is 6.17. The first-order valence-electron chi connectivity index (χ1n) is 8.46. The first-order valence-corrected chi connectivity index (χ1v) is 8.84. The zero-order valence-corrected chi connectivity index (χ0v) is 17.1. The normalized spacial score (nSPS) is 10.2. The van der Waals surface area contributed by atoms with Gasteiger partial charge in [-0.25, -0.2) is 0 Å². The van der Waals surface area contributed by atoms with Crippen LogP contribution in [0.4, 0.5) is 23.1 Å². The van der Waals surface area contributed by atoms with E-state index in [1.54, 1.807) is 19.2 Å². The van der Waals surface area contributed by atoms with Gasteiger partial charge in [-0.05, 0) is 12.1 Å². The van der Waals surface area contributed by atoms with Crippen LogP contribution in [0.25, 0.3) is 0 Å². The summed E-state index contributed by atoms with van der Waals surface area (Å²) < 4.78 is 21.3. The third-order valence-corrected chi connectivity index (χ3v) is 4.15. The number of benzene rings is 2. The Morgan fingerprint density at radius 2 is 1.52 bits per heavy atom. The van der Waals surface area contributed by atoms with Gasteiger partial charge in [-0.3, -0.25) is 0 Å². The highest BCUT2D eigenvalue weighted by Crippen LogP contribution is 2.40. The molecule has 29 heavy (non-hydrogen) atoms. The van der Waals surface area contributed by atoms with Gasteiger partial charge in [-0.15, -0.1) is 10.2 Å². The second-order valence-electron chi connectivity index (χ2n) is 5.67. The molecule has 2 aromatic carbocycles. The van der Waals surface area contributed by atoms with Gasteiger partial charge >= 0.3 is 0 Å². The van der Waals surface area contributed by atoms with E-state index in [9.17, 15) is 0 Å². The van der Waals surface area contributed by atoms with Crippen LogP contribution >= 0.6 is 11.6 Å². The van der Waals surface area contributed by atoms with E-state index in [0.717, 1.165) is 5.69 Å². The first-order chi connectivity index (χ1) is 14.1. The van der Waals surface area contributed by atoms with E-state index in [1.807, 2.05) is 24.3 Å². The minimum absolute atomic E-state index is 0.106. The highest BCUT2D eigenvalue weighted by molar-refractivity contribution is 6.31. The average Bonchev–Trinajstić information content (AvgIpc) is 2.75. The molecule has 0 saturated heterocycles. The molecule has 0 unspecified atom stereocenters. The van der Waals surface area contributed by atoms with Crippen molar-refractivity contribution in [2.24, 2.45) is 0 Å². The monoisotopic (exact) mass is 417 g/mol. The number of anilines is 4. The van der Waals surface area contributed by atoms with Crippen molar-refractivity contribution in [3.63, 3.8) is 0 Å². The summed E-state index contributed by atoms with van der Waals surface area (Å²) in [5, 5.41) is 14.2. The molecule has 3 aromatic rings. The van der Waals surface area contributed by atoms with E-state index in [4.69, 9.17) is 30.5 Å². The van der Waals surface area contributed by atoms with Crippen molar-refractivity contribution in [1.82, 2.24) is 15.2 Å². The van der Waals surface area contributed by atoms with Gasteiger partial charge in [0.25, 0.3) is 0 Å². The summed E-state index contributed by atoms with van der Waals surface area (Å²) in [7, 11) is 6.21. The molecular formula is C19H20ClN5O4. The summed E-state index contributed by atoms with van der Waals surface area (Å²) in [6, 6.07) is 10.8. The van der Waals surface area contributed by atoms with Gasteiger partial charge in [0.1, 0.15) is 5.75 Å². The number of hydrogen-bond acceptors (Lipinski definition) is 9. The zero-order chi connectivity index (χ0) is 20.8.